The minimum absolute atomic E-state index is 0.286. The van der Waals surface area contributed by atoms with Crippen molar-refractivity contribution in [1.29, 1.82) is 0 Å². The van der Waals surface area contributed by atoms with E-state index in [0.29, 0.717) is 11.4 Å². The molecule has 0 saturated heterocycles. The minimum Gasteiger partial charge on any atom is -0.481 e. The fraction of sp³-hybridized carbons (Fsp3) is 0.214. The Bertz CT molecular complexity index is 583. The average molecular weight is 298 g/mol. The number of halogens is 3. The Hall–Kier alpha value is -2.28. The summed E-state index contributed by atoms with van der Waals surface area (Å²) < 4.78 is 45.0. The van der Waals surface area contributed by atoms with E-state index in [1.54, 1.807) is 18.3 Å². The summed E-state index contributed by atoms with van der Waals surface area (Å²) in [7, 11) is 1.50. The molecule has 0 amide bonds. The van der Waals surface area contributed by atoms with Gasteiger partial charge in [-0.2, -0.15) is 0 Å². The largest absolute Gasteiger partial charge is 0.573 e. The minimum atomic E-state index is -4.70. The molecule has 1 aromatic heterocycles. The van der Waals surface area contributed by atoms with Gasteiger partial charge in [-0.05, 0) is 23.3 Å². The second-order valence-electron chi connectivity index (χ2n) is 4.23. The molecule has 0 aliphatic rings. The molecule has 21 heavy (non-hydrogen) atoms. The summed E-state index contributed by atoms with van der Waals surface area (Å²) in [6.45, 7) is 0. The monoisotopic (exact) mass is 298 g/mol. The zero-order valence-electron chi connectivity index (χ0n) is 11.1. The molecule has 0 saturated carbocycles. The van der Waals surface area contributed by atoms with Gasteiger partial charge in [0.15, 0.2) is 0 Å². The molecule has 0 unspecified atom stereocenters. The number of pyridine rings is 1. The summed E-state index contributed by atoms with van der Waals surface area (Å²) in [4.78, 5) is 4.03. The number of nitrogens with zero attached hydrogens (tertiary/aromatic N) is 1. The van der Waals surface area contributed by atoms with Crippen molar-refractivity contribution in [3.05, 3.63) is 53.7 Å². The third-order valence-electron chi connectivity index (χ3n) is 2.80. The summed E-state index contributed by atoms with van der Waals surface area (Å²) in [6, 6.07) is 8.32. The van der Waals surface area contributed by atoms with Gasteiger partial charge in [0.2, 0.25) is 5.88 Å². The van der Waals surface area contributed by atoms with Crippen LogP contribution in [0.2, 0.25) is 0 Å². The molecule has 2 N–H and O–H groups in total. The van der Waals surface area contributed by atoms with Crippen molar-refractivity contribution < 1.29 is 22.6 Å². The fourth-order valence-corrected chi connectivity index (χ4v) is 1.77. The summed E-state index contributed by atoms with van der Waals surface area (Å²) in [5.74, 6) is 0.172. The molecule has 1 aromatic carbocycles. The van der Waals surface area contributed by atoms with E-state index < -0.39 is 12.4 Å². The lowest BCUT2D eigenvalue weighted by atomic mass is 10.0. The molecule has 7 heteroatoms. The Balaban J connectivity index is 2.13. The van der Waals surface area contributed by atoms with Crippen molar-refractivity contribution in [1.82, 2.24) is 4.98 Å². The number of hydrogen-bond acceptors (Lipinski definition) is 4. The van der Waals surface area contributed by atoms with E-state index >= 15 is 0 Å². The fourth-order valence-electron chi connectivity index (χ4n) is 1.77. The predicted molar refractivity (Wildman–Crippen MR) is 69.9 cm³/mol. The molecule has 0 radical (unpaired) electrons. The van der Waals surface area contributed by atoms with E-state index in [9.17, 15) is 13.2 Å². The molecule has 4 nitrogen and oxygen atoms in total. The van der Waals surface area contributed by atoms with Crippen LogP contribution >= 0.6 is 0 Å². The van der Waals surface area contributed by atoms with Gasteiger partial charge in [0.1, 0.15) is 5.75 Å². The molecule has 2 rings (SSSR count). The van der Waals surface area contributed by atoms with Crippen molar-refractivity contribution in [2.45, 2.75) is 12.4 Å². The Kier molecular flexibility index (Phi) is 4.32. The highest BCUT2D eigenvalue weighted by Gasteiger charge is 2.31. The summed E-state index contributed by atoms with van der Waals surface area (Å²) in [6.07, 6.45) is -3.15. The molecule has 0 aliphatic carbocycles. The van der Waals surface area contributed by atoms with E-state index in [0.717, 1.165) is 5.56 Å². The van der Waals surface area contributed by atoms with E-state index in [4.69, 9.17) is 10.5 Å². The first-order valence-corrected chi connectivity index (χ1v) is 6.00. The second kappa shape index (κ2) is 6.01. The highest BCUT2D eigenvalue weighted by molar-refractivity contribution is 5.35. The Morgan fingerprint density at radius 2 is 1.67 bits per heavy atom. The molecule has 2 aromatic rings. The van der Waals surface area contributed by atoms with Gasteiger partial charge in [-0.25, -0.2) is 4.98 Å². The normalized spacial score (nSPS) is 12.8. The van der Waals surface area contributed by atoms with Crippen molar-refractivity contribution >= 4 is 0 Å². The predicted octanol–water partition coefficient (Wildman–Crippen LogP) is 3.04. The number of alkyl halides is 3. The van der Waals surface area contributed by atoms with Gasteiger partial charge < -0.3 is 15.2 Å². The van der Waals surface area contributed by atoms with Crippen LogP contribution in [-0.2, 0) is 0 Å². The quantitative estimate of drug-likeness (QED) is 0.942. The van der Waals surface area contributed by atoms with E-state index in [2.05, 4.69) is 9.72 Å². The number of rotatable bonds is 4. The Morgan fingerprint density at radius 1 is 1.05 bits per heavy atom. The highest BCUT2D eigenvalue weighted by Crippen LogP contribution is 2.26. The Labute approximate surface area is 119 Å². The first kappa shape index (κ1) is 15.1. The van der Waals surface area contributed by atoms with Crippen LogP contribution in [0.1, 0.15) is 17.2 Å². The van der Waals surface area contributed by atoms with Crippen molar-refractivity contribution in [3.63, 3.8) is 0 Å². The summed E-state index contributed by atoms with van der Waals surface area (Å²) >= 11 is 0. The number of nitrogens with two attached hydrogens (primary N) is 1. The van der Waals surface area contributed by atoms with Crippen LogP contribution in [-0.4, -0.2) is 18.5 Å². The van der Waals surface area contributed by atoms with Crippen molar-refractivity contribution in [3.8, 4) is 11.6 Å². The maximum Gasteiger partial charge on any atom is 0.573 e. The lowest BCUT2D eigenvalue weighted by Gasteiger charge is -2.14. The van der Waals surface area contributed by atoms with Crippen LogP contribution in [0.3, 0.4) is 0 Å². The molecule has 0 bridgehead atoms. The van der Waals surface area contributed by atoms with E-state index in [1.165, 1.54) is 31.4 Å². The molecular formula is C14H13F3N2O2. The number of hydrogen-bond donors (Lipinski definition) is 1. The number of ether oxygens (including phenoxy) is 2. The highest BCUT2D eigenvalue weighted by atomic mass is 19.4. The van der Waals surface area contributed by atoms with Gasteiger partial charge >= 0.3 is 6.36 Å². The topological polar surface area (TPSA) is 57.4 Å². The molecule has 1 heterocycles. The standard InChI is InChI=1S/C14H13F3N2O2/c1-20-12-7-4-10(8-19-12)13(18)9-2-5-11(6-3-9)21-14(15,16)17/h2-8,13H,18H2,1H3/t13-/m0/s1. The van der Waals surface area contributed by atoms with Crippen LogP contribution in [0, 0.1) is 0 Å². The third-order valence-corrected chi connectivity index (χ3v) is 2.80. The first-order valence-electron chi connectivity index (χ1n) is 6.00. The number of methoxy groups -OCH3 is 1. The van der Waals surface area contributed by atoms with Crippen LogP contribution in [0.4, 0.5) is 13.2 Å². The van der Waals surface area contributed by atoms with Gasteiger partial charge in [-0.1, -0.05) is 18.2 Å². The summed E-state index contributed by atoms with van der Waals surface area (Å²) in [5.41, 5.74) is 7.41. The third kappa shape index (κ3) is 4.09. The molecule has 0 aliphatic heterocycles. The van der Waals surface area contributed by atoms with Gasteiger partial charge in [0.05, 0.1) is 13.2 Å². The van der Waals surface area contributed by atoms with Crippen LogP contribution < -0.4 is 15.2 Å². The molecule has 0 spiro atoms. The van der Waals surface area contributed by atoms with Crippen LogP contribution in [0.25, 0.3) is 0 Å². The maximum absolute atomic E-state index is 12.1. The zero-order valence-corrected chi connectivity index (χ0v) is 11.1. The van der Waals surface area contributed by atoms with E-state index in [-0.39, 0.29) is 5.75 Å². The van der Waals surface area contributed by atoms with Gasteiger partial charge in [0.25, 0.3) is 0 Å². The first-order chi connectivity index (χ1) is 9.89. The number of aromatic nitrogens is 1. The van der Waals surface area contributed by atoms with Crippen LogP contribution in [0.15, 0.2) is 42.6 Å². The van der Waals surface area contributed by atoms with Gasteiger partial charge in [0, 0.05) is 12.3 Å². The average Bonchev–Trinajstić information content (AvgIpc) is 2.46. The molecular weight excluding hydrogens is 285 g/mol. The van der Waals surface area contributed by atoms with E-state index in [1.807, 2.05) is 0 Å². The van der Waals surface area contributed by atoms with Gasteiger partial charge in [-0.15, -0.1) is 13.2 Å². The lowest BCUT2D eigenvalue weighted by Crippen LogP contribution is -2.17. The molecule has 0 fully saturated rings. The van der Waals surface area contributed by atoms with Crippen molar-refractivity contribution in [2.75, 3.05) is 7.11 Å². The smallest absolute Gasteiger partial charge is 0.481 e. The molecule has 1 atom stereocenters. The zero-order chi connectivity index (χ0) is 15.5. The van der Waals surface area contributed by atoms with Crippen molar-refractivity contribution in [2.24, 2.45) is 5.73 Å². The second-order valence-corrected chi connectivity index (χ2v) is 4.23. The van der Waals surface area contributed by atoms with Crippen LogP contribution in [0.5, 0.6) is 11.6 Å². The lowest BCUT2D eigenvalue weighted by molar-refractivity contribution is -0.274. The SMILES string of the molecule is COc1ccc([C@@H](N)c2ccc(OC(F)(F)F)cc2)cn1. The molecule has 112 valence electrons. The maximum atomic E-state index is 12.1. The summed E-state index contributed by atoms with van der Waals surface area (Å²) in [5, 5.41) is 0. The Morgan fingerprint density at radius 3 is 2.14 bits per heavy atom. The van der Waals surface area contributed by atoms with Gasteiger partial charge in [-0.3, -0.25) is 0 Å². The number of benzene rings is 1.